The highest BCUT2D eigenvalue weighted by Crippen LogP contribution is 2.19. The molecule has 1 fully saturated rings. The summed E-state index contributed by atoms with van der Waals surface area (Å²) in [7, 11) is 0. The fourth-order valence-corrected chi connectivity index (χ4v) is 3.55. The second kappa shape index (κ2) is 7.60. The molecule has 2 aromatic heterocycles. The van der Waals surface area contributed by atoms with Crippen molar-refractivity contribution in [2.24, 2.45) is 0 Å². The van der Waals surface area contributed by atoms with Gasteiger partial charge >= 0.3 is 0 Å². The zero-order valence-corrected chi connectivity index (χ0v) is 14.9. The molecule has 1 saturated heterocycles. The van der Waals surface area contributed by atoms with Crippen molar-refractivity contribution in [3.63, 3.8) is 0 Å². The summed E-state index contributed by atoms with van der Waals surface area (Å²) in [6.07, 6.45) is 7.97. The molecule has 3 aromatic rings. The molecule has 4 rings (SSSR count). The topological polar surface area (TPSA) is 61.0 Å². The zero-order valence-electron chi connectivity index (χ0n) is 14.9. The third kappa shape index (κ3) is 3.72. The summed E-state index contributed by atoms with van der Waals surface area (Å²) >= 11 is 0. The van der Waals surface area contributed by atoms with E-state index in [0.29, 0.717) is 13.0 Å². The molecular weight excluding hydrogens is 324 g/mol. The third-order valence-corrected chi connectivity index (χ3v) is 5.00. The Labute approximate surface area is 153 Å². The molecule has 1 aromatic carbocycles. The molecule has 0 bridgehead atoms. The van der Waals surface area contributed by atoms with Gasteiger partial charge in [0, 0.05) is 42.9 Å². The highest BCUT2D eigenvalue weighted by molar-refractivity contribution is 5.88. The summed E-state index contributed by atoms with van der Waals surface area (Å²) in [5, 5.41) is 4.10. The number of piperidine rings is 1. The normalized spacial score (nSPS) is 14.5. The van der Waals surface area contributed by atoms with Gasteiger partial charge in [0.2, 0.25) is 5.91 Å². The van der Waals surface area contributed by atoms with Gasteiger partial charge in [-0.05, 0) is 42.5 Å². The number of benzene rings is 1. The lowest BCUT2D eigenvalue weighted by Gasteiger charge is -2.27. The number of para-hydroxylation sites is 1. The van der Waals surface area contributed by atoms with Gasteiger partial charge in [0.1, 0.15) is 5.82 Å². The number of nitrogens with one attached hydrogen (secondary N) is 2. The number of fused-ring (bicyclic) bond motifs is 1. The molecule has 134 valence electrons. The number of nitrogens with zero attached hydrogens (tertiary/aromatic N) is 2. The number of hydrogen-bond donors (Lipinski definition) is 2. The minimum Gasteiger partial charge on any atom is -0.361 e. The predicted molar refractivity (Wildman–Crippen MR) is 104 cm³/mol. The van der Waals surface area contributed by atoms with E-state index in [1.807, 2.05) is 36.7 Å². The van der Waals surface area contributed by atoms with E-state index < -0.39 is 0 Å². The van der Waals surface area contributed by atoms with Crippen LogP contribution in [0, 0.1) is 0 Å². The largest absolute Gasteiger partial charge is 0.361 e. The van der Waals surface area contributed by atoms with Gasteiger partial charge in [-0.1, -0.05) is 24.3 Å². The number of carbonyl (C=O) groups is 1. The Balaban J connectivity index is 1.32. The number of aromatic amines is 1. The molecule has 1 aliphatic rings. The number of H-pyrrole nitrogens is 1. The average Bonchev–Trinajstić information content (AvgIpc) is 3.10. The summed E-state index contributed by atoms with van der Waals surface area (Å²) in [5.74, 6) is 1.06. The summed E-state index contributed by atoms with van der Waals surface area (Å²) < 4.78 is 0. The van der Waals surface area contributed by atoms with Crippen LogP contribution >= 0.6 is 0 Å². The first-order valence-corrected chi connectivity index (χ1v) is 9.31. The van der Waals surface area contributed by atoms with E-state index >= 15 is 0 Å². The highest BCUT2D eigenvalue weighted by Gasteiger charge is 2.12. The molecular formula is C21H24N4O. The van der Waals surface area contributed by atoms with Crippen molar-refractivity contribution >= 4 is 22.6 Å². The van der Waals surface area contributed by atoms with Crippen molar-refractivity contribution in [1.29, 1.82) is 0 Å². The van der Waals surface area contributed by atoms with Crippen molar-refractivity contribution < 1.29 is 4.79 Å². The van der Waals surface area contributed by atoms with Crippen molar-refractivity contribution in [3.8, 4) is 0 Å². The molecule has 0 radical (unpaired) electrons. The smallest absolute Gasteiger partial charge is 0.224 e. The van der Waals surface area contributed by atoms with Gasteiger partial charge < -0.3 is 15.2 Å². The second-order valence-electron chi connectivity index (χ2n) is 6.89. The van der Waals surface area contributed by atoms with Crippen LogP contribution in [0.25, 0.3) is 10.9 Å². The van der Waals surface area contributed by atoms with Crippen LogP contribution in [0.5, 0.6) is 0 Å². The van der Waals surface area contributed by atoms with Crippen LogP contribution in [0.2, 0.25) is 0 Å². The molecule has 3 heterocycles. The Morgan fingerprint density at radius 2 is 1.96 bits per heavy atom. The molecule has 0 aliphatic carbocycles. The van der Waals surface area contributed by atoms with E-state index in [4.69, 9.17) is 0 Å². The van der Waals surface area contributed by atoms with E-state index in [1.165, 1.54) is 19.3 Å². The summed E-state index contributed by atoms with van der Waals surface area (Å²) in [6, 6.07) is 12.2. The van der Waals surface area contributed by atoms with E-state index in [1.54, 1.807) is 0 Å². The van der Waals surface area contributed by atoms with E-state index in [2.05, 4.69) is 32.3 Å². The van der Waals surface area contributed by atoms with Crippen molar-refractivity contribution in [3.05, 3.63) is 59.9 Å². The Morgan fingerprint density at radius 1 is 1.12 bits per heavy atom. The van der Waals surface area contributed by atoms with Gasteiger partial charge in [-0.25, -0.2) is 4.98 Å². The minimum atomic E-state index is 0.0230. The van der Waals surface area contributed by atoms with Crippen molar-refractivity contribution in [1.82, 2.24) is 15.3 Å². The number of hydrogen-bond acceptors (Lipinski definition) is 3. The molecule has 5 nitrogen and oxygen atoms in total. The van der Waals surface area contributed by atoms with Crippen molar-refractivity contribution in [2.45, 2.75) is 32.2 Å². The number of anilines is 1. The Morgan fingerprint density at radius 3 is 2.77 bits per heavy atom. The maximum Gasteiger partial charge on any atom is 0.224 e. The van der Waals surface area contributed by atoms with Crippen molar-refractivity contribution in [2.75, 3.05) is 18.0 Å². The first kappa shape index (κ1) is 16.6. The third-order valence-electron chi connectivity index (χ3n) is 5.00. The first-order chi connectivity index (χ1) is 12.8. The van der Waals surface area contributed by atoms with Crippen LogP contribution in [0.1, 0.15) is 30.4 Å². The number of aromatic nitrogens is 2. The summed E-state index contributed by atoms with van der Waals surface area (Å²) in [5.41, 5.74) is 3.11. The monoisotopic (exact) mass is 348 g/mol. The van der Waals surface area contributed by atoms with E-state index in [-0.39, 0.29) is 5.91 Å². The van der Waals surface area contributed by atoms with Crippen LogP contribution in [-0.4, -0.2) is 29.0 Å². The summed E-state index contributed by atoms with van der Waals surface area (Å²) in [6.45, 7) is 2.69. The van der Waals surface area contributed by atoms with Gasteiger partial charge in [-0.15, -0.1) is 0 Å². The number of pyridine rings is 1. The molecule has 5 heteroatoms. The standard InChI is InChI=1S/C21H24N4O/c26-21(12-17-15-22-19-7-3-2-6-18(17)19)24-14-16-8-9-20(23-13-16)25-10-4-1-5-11-25/h2-3,6-9,13,15,22H,1,4-5,10-12,14H2,(H,24,26). The fourth-order valence-electron chi connectivity index (χ4n) is 3.55. The van der Waals surface area contributed by atoms with Crippen LogP contribution in [0.4, 0.5) is 5.82 Å². The van der Waals surface area contributed by atoms with Gasteiger partial charge in [0.25, 0.3) is 0 Å². The molecule has 1 amide bonds. The lowest BCUT2D eigenvalue weighted by molar-refractivity contribution is -0.120. The molecule has 0 saturated carbocycles. The van der Waals surface area contributed by atoms with Gasteiger partial charge in [-0.3, -0.25) is 4.79 Å². The maximum absolute atomic E-state index is 12.3. The van der Waals surface area contributed by atoms with Crippen LogP contribution < -0.4 is 10.2 Å². The summed E-state index contributed by atoms with van der Waals surface area (Å²) in [4.78, 5) is 22.4. The maximum atomic E-state index is 12.3. The number of rotatable bonds is 5. The molecule has 26 heavy (non-hydrogen) atoms. The number of carbonyl (C=O) groups excluding carboxylic acids is 1. The minimum absolute atomic E-state index is 0.0230. The number of amides is 1. The van der Waals surface area contributed by atoms with Gasteiger partial charge in [0.15, 0.2) is 0 Å². The SMILES string of the molecule is O=C(Cc1c[nH]c2ccccc12)NCc1ccc(N2CCCCC2)nc1. The zero-order chi connectivity index (χ0) is 17.8. The van der Waals surface area contributed by atoms with E-state index in [0.717, 1.165) is 40.9 Å². The average molecular weight is 348 g/mol. The lowest BCUT2D eigenvalue weighted by atomic mass is 10.1. The highest BCUT2D eigenvalue weighted by atomic mass is 16.1. The lowest BCUT2D eigenvalue weighted by Crippen LogP contribution is -2.30. The van der Waals surface area contributed by atoms with Gasteiger partial charge in [-0.2, -0.15) is 0 Å². The Bertz CT molecular complexity index is 878. The molecule has 0 atom stereocenters. The van der Waals surface area contributed by atoms with Crippen LogP contribution in [0.3, 0.4) is 0 Å². The quantitative estimate of drug-likeness (QED) is 0.743. The van der Waals surface area contributed by atoms with Crippen LogP contribution in [-0.2, 0) is 17.8 Å². The molecule has 1 aliphatic heterocycles. The van der Waals surface area contributed by atoms with E-state index in [9.17, 15) is 4.79 Å². The predicted octanol–water partition coefficient (Wildman–Crippen LogP) is 3.41. The first-order valence-electron chi connectivity index (χ1n) is 9.31. The second-order valence-corrected chi connectivity index (χ2v) is 6.89. The fraction of sp³-hybridized carbons (Fsp3) is 0.333. The Hall–Kier alpha value is -2.82. The van der Waals surface area contributed by atoms with Crippen LogP contribution in [0.15, 0.2) is 48.8 Å². The molecule has 0 unspecified atom stereocenters. The molecule has 2 N–H and O–H groups in total. The van der Waals surface area contributed by atoms with Gasteiger partial charge in [0.05, 0.1) is 6.42 Å². The Kier molecular flexibility index (Phi) is 4.86. The molecule has 0 spiro atoms.